The number of fused-ring (bicyclic) bond motifs is 3. The van der Waals surface area contributed by atoms with Gasteiger partial charge >= 0.3 is 0 Å². The molecule has 1 atom stereocenters. The number of nitrogens with one attached hydrogen (secondary N) is 2. The first-order chi connectivity index (χ1) is 14.2. The minimum absolute atomic E-state index is 0.196. The van der Waals surface area contributed by atoms with E-state index in [1.807, 2.05) is 24.5 Å². The second-order valence-electron chi connectivity index (χ2n) is 7.51. The van der Waals surface area contributed by atoms with Crippen molar-refractivity contribution in [3.8, 4) is 0 Å². The first kappa shape index (κ1) is 19.6. The van der Waals surface area contributed by atoms with Gasteiger partial charge in [-0.1, -0.05) is 19.9 Å². The van der Waals surface area contributed by atoms with Crippen molar-refractivity contribution >= 4 is 33.8 Å². The zero-order valence-electron chi connectivity index (χ0n) is 17.1. The van der Waals surface area contributed by atoms with Crippen molar-refractivity contribution < 1.29 is 9.59 Å². The number of hydrogen-bond donors (Lipinski definition) is 2. The van der Waals surface area contributed by atoms with Crippen LogP contribution < -0.4 is 10.6 Å². The van der Waals surface area contributed by atoms with Crippen LogP contribution in [-0.4, -0.2) is 34.5 Å². The minimum atomic E-state index is -0.401. The molecule has 3 aromatic rings. The highest BCUT2D eigenvalue weighted by Crippen LogP contribution is 2.36. The van der Waals surface area contributed by atoms with Crippen molar-refractivity contribution in [1.82, 2.24) is 20.2 Å². The highest BCUT2D eigenvalue weighted by molar-refractivity contribution is 6.09. The summed E-state index contributed by atoms with van der Waals surface area (Å²) in [6, 6.07) is 10.2. The summed E-state index contributed by atoms with van der Waals surface area (Å²) < 4.78 is 2.01. The maximum Gasteiger partial charge on any atom is 0.249 e. The fraction of sp³-hybridized carbons (Fsp3) is 0.435. The summed E-state index contributed by atoms with van der Waals surface area (Å²) in [5.41, 5.74) is 3.18. The number of hydrogen-bond acceptors (Lipinski definition) is 4. The Bertz CT molecular complexity index is 1050. The van der Waals surface area contributed by atoms with E-state index in [1.54, 1.807) is 6.20 Å². The first-order valence-electron chi connectivity index (χ1n) is 10.7. The summed E-state index contributed by atoms with van der Waals surface area (Å²) in [5, 5.41) is 8.10. The van der Waals surface area contributed by atoms with Gasteiger partial charge in [-0.05, 0) is 68.1 Å². The van der Waals surface area contributed by atoms with Crippen molar-refractivity contribution in [2.75, 3.05) is 13.1 Å². The molecule has 29 heavy (non-hydrogen) atoms. The van der Waals surface area contributed by atoms with Crippen LogP contribution in [0.1, 0.15) is 57.1 Å². The second-order valence-corrected chi connectivity index (χ2v) is 7.51. The molecule has 0 radical (unpaired) electrons. The summed E-state index contributed by atoms with van der Waals surface area (Å²) in [6.45, 7) is 6.12. The summed E-state index contributed by atoms with van der Waals surface area (Å²) in [4.78, 5) is 28.7. The predicted octanol–water partition coefficient (Wildman–Crippen LogP) is 3.66. The van der Waals surface area contributed by atoms with E-state index in [4.69, 9.17) is 0 Å². The van der Waals surface area contributed by atoms with Crippen LogP contribution in [0.3, 0.4) is 0 Å². The summed E-state index contributed by atoms with van der Waals surface area (Å²) in [6.07, 6.45) is 4.93. The van der Waals surface area contributed by atoms with Gasteiger partial charge in [0.1, 0.15) is 11.7 Å². The van der Waals surface area contributed by atoms with Crippen molar-refractivity contribution in [1.29, 1.82) is 0 Å². The molecule has 2 amide bonds. The third kappa shape index (κ3) is 3.53. The Morgan fingerprint density at radius 2 is 1.83 bits per heavy atom. The Kier molecular flexibility index (Phi) is 5.62. The molecule has 6 heteroatoms. The number of amides is 2. The van der Waals surface area contributed by atoms with Gasteiger partial charge in [0.05, 0.1) is 5.52 Å². The number of piperidine rings is 2. The number of carbonyl (C=O) groups is 2. The highest BCUT2D eigenvalue weighted by Gasteiger charge is 2.31. The van der Waals surface area contributed by atoms with Crippen LogP contribution in [0.2, 0.25) is 0 Å². The van der Waals surface area contributed by atoms with E-state index in [9.17, 15) is 9.59 Å². The van der Waals surface area contributed by atoms with Crippen molar-refractivity contribution in [3.05, 3.63) is 42.1 Å². The average molecular weight is 393 g/mol. The Morgan fingerprint density at radius 3 is 2.59 bits per heavy atom. The van der Waals surface area contributed by atoms with Crippen LogP contribution in [0.25, 0.3) is 21.9 Å². The molecule has 2 aliphatic rings. The lowest BCUT2D eigenvalue weighted by atomic mass is 9.89. The molecule has 1 unspecified atom stereocenters. The number of nitrogens with zero attached hydrogens (tertiary/aromatic N) is 2. The minimum Gasteiger partial charge on any atom is -0.317 e. The van der Waals surface area contributed by atoms with Crippen LogP contribution in [0.15, 0.2) is 36.5 Å². The fourth-order valence-corrected chi connectivity index (χ4v) is 4.55. The van der Waals surface area contributed by atoms with Gasteiger partial charge in [0.2, 0.25) is 11.8 Å². The van der Waals surface area contributed by atoms with Crippen LogP contribution in [-0.2, 0) is 9.59 Å². The van der Waals surface area contributed by atoms with E-state index < -0.39 is 6.04 Å². The number of benzene rings is 1. The smallest absolute Gasteiger partial charge is 0.249 e. The lowest BCUT2D eigenvalue weighted by molar-refractivity contribution is -0.135. The number of imide groups is 1. The van der Waals surface area contributed by atoms with Gasteiger partial charge in [-0.2, -0.15) is 0 Å². The molecular formula is C23H28N4O2. The Labute approximate surface area is 170 Å². The van der Waals surface area contributed by atoms with Gasteiger partial charge in [0, 0.05) is 23.4 Å². The van der Waals surface area contributed by atoms with Gasteiger partial charge in [-0.25, -0.2) is 4.98 Å². The number of carbonyl (C=O) groups excluding carboxylic acids is 2. The Hall–Kier alpha value is -2.73. The molecule has 0 bridgehead atoms. The molecular weight excluding hydrogens is 364 g/mol. The topological polar surface area (TPSA) is 76.0 Å². The predicted molar refractivity (Wildman–Crippen MR) is 115 cm³/mol. The molecule has 2 saturated heterocycles. The molecule has 6 nitrogen and oxygen atoms in total. The lowest BCUT2D eigenvalue weighted by Crippen LogP contribution is -2.41. The summed E-state index contributed by atoms with van der Waals surface area (Å²) >= 11 is 0. The maximum atomic E-state index is 12.5. The molecule has 0 spiro atoms. The lowest BCUT2D eigenvalue weighted by Gasteiger charge is -2.24. The molecule has 2 aromatic heterocycles. The van der Waals surface area contributed by atoms with E-state index in [0.29, 0.717) is 18.8 Å². The van der Waals surface area contributed by atoms with Crippen LogP contribution in [0.4, 0.5) is 0 Å². The normalized spacial score (nSPS) is 20.4. The van der Waals surface area contributed by atoms with E-state index in [0.717, 1.165) is 47.9 Å². The number of aromatic nitrogens is 2. The number of rotatable bonds is 2. The molecule has 1 aromatic carbocycles. The van der Waals surface area contributed by atoms with Crippen molar-refractivity contribution in [2.45, 2.75) is 51.5 Å². The van der Waals surface area contributed by atoms with Gasteiger partial charge in [-0.3, -0.25) is 14.9 Å². The molecule has 5 rings (SSSR count). The number of pyridine rings is 1. The Morgan fingerprint density at radius 1 is 1.03 bits per heavy atom. The monoisotopic (exact) mass is 392 g/mol. The summed E-state index contributed by atoms with van der Waals surface area (Å²) in [5.74, 6) is 0.137. The summed E-state index contributed by atoms with van der Waals surface area (Å²) in [7, 11) is 0. The van der Waals surface area contributed by atoms with Crippen LogP contribution in [0, 0.1) is 0 Å². The molecule has 0 saturated carbocycles. The Balaban J connectivity index is 0.000000994. The molecule has 0 aliphatic carbocycles. The quantitative estimate of drug-likeness (QED) is 0.653. The first-order valence-corrected chi connectivity index (χ1v) is 10.7. The van der Waals surface area contributed by atoms with Gasteiger partial charge in [0.15, 0.2) is 0 Å². The van der Waals surface area contributed by atoms with E-state index in [1.165, 1.54) is 5.56 Å². The van der Waals surface area contributed by atoms with Gasteiger partial charge in [0.25, 0.3) is 0 Å². The molecule has 2 N–H and O–H groups in total. The maximum absolute atomic E-state index is 12.5. The van der Waals surface area contributed by atoms with Crippen molar-refractivity contribution in [3.63, 3.8) is 0 Å². The van der Waals surface area contributed by atoms with Crippen LogP contribution >= 0.6 is 0 Å². The second kappa shape index (κ2) is 8.33. The zero-order valence-corrected chi connectivity index (χ0v) is 17.1. The third-order valence-corrected chi connectivity index (χ3v) is 5.92. The molecule has 4 heterocycles. The molecule has 2 fully saturated rings. The largest absolute Gasteiger partial charge is 0.317 e. The molecule has 2 aliphatic heterocycles. The molecule has 152 valence electrons. The van der Waals surface area contributed by atoms with Gasteiger partial charge < -0.3 is 9.88 Å². The van der Waals surface area contributed by atoms with Crippen molar-refractivity contribution in [2.24, 2.45) is 0 Å². The fourth-order valence-electron chi connectivity index (χ4n) is 4.55. The van der Waals surface area contributed by atoms with Crippen LogP contribution in [0.5, 0.6) is 0 Å². The highest BCUT2D eigenvalue weighted by atomic mass is 16.2. The average Bonchev–Trinajstić information content (AvgIpc) is 3.10. The van der Waals surface area contributed by atoms with E-state index in [-0.39, 0.29) is 11.8 Å². The van der Waals surface area contributed by atoms with Gasteiger partial charge in [-0.15, -0.1) is 0 Å². The SMILES string of the molecule is CC.O=C1CCC(n2c3ccc(C4CCNCC4)cc3c3cccnc32)C(=O)N1. The standard InChI is InChI=1S/C21H22N4O2.C2H6/c26-19-6-5-18(21(27)24-19)25-17-4-3-14(13-7-10-22-11-8-13)12-16(17)15-2-1-9-23-20(15)25;1-2/h1-4,9,12-13,18,22H,5-8,10-11H2,(H,24,26,27);1-2H3. The van der Waals surface area contributed by atoms with E-state index >= 15 is 0 Å². The third-order valence-electron chi connectivity index (χ3n) is 5.92. The zero-order chi connectivity index (χ0) is 20.4. The van der Waals surface area contributed by atoms with E-state index in [2.05, 4.69) is 39.9 Å².